The van der Waals surface area contributed by atoms with Gasteiger partial charge in [-0.15, -0.1) is 0 Å². The SMILES string of the molecule is O=C1C=C(Nc2cc(F)ccc2Oc2ccccc2)C(=O)N1CCO. The van der Waals surface area contributed by atoms with E-state index in [1.165, 1.54) is 18.2 Å². The monoisotopic (exact) mass is 342 g/mol. The molecule has 0 aromatic heterocycles. The Balaban J connectivity index is 1.85. The van der Waals surface area contributed by atoms with Gasteiger partial charge in [0, 0.05) is 12.1 Å². The van der Waals surface area contributed by atoms with Gasteiger partial charge in [0.25, 0.3) is 11.8 Å². The quantitative estimate of drug-likeness (QED) is 0.788. The molecule has 1 aliphatic rings. The van der Waals surface area contributed by atoms with E-state index in [2.05, 4.69) is 5.32 Å². The summed E-state index contributed by atoms with van der Waals surface area (Å²) in [7, 11) is 0. The minimum absolute atomic E-state index is 0.0121. The highest BCUT2D eigenvalue weighted by atomic mass is 19.1. The summed E-state index contributed by atoms with van der Waals surface area (Å²) in [6.45, 7) is -0.434. The number of aliphatic hydroxyl groups is 1. The fourth-order valence-corrected chi connectivity index (χ4v) is 2.36. The third kappa shape index (κ3) is 3.67. The van der Waals surface area contributed by atoms with Crippen LogP contribution in [0, 0.1) is 5.82 Å². The minimum Gasteiger partial charge on any atom is -0.455 e. The van der Waals surface area contributed by atoms with Crippen molar-refractivity contribution in [3.8, 4) is 11.5 Å². The summed E-state index contributed by atoms with van der Waals surface area (Å²) < 4.78 is 19.3. The van der Waals surface area contributed by atoms with Gasteiger partial charge in [-0.2, -0.15) is 0 Å². The van der Waals surface area contributed by atoms with E-state index in [-0.39, 0.29) is 24.5 Å². The van der Waals surface area contributed by atoms with E-state index in [0.717, 1.165) is 11.0 Å². The molecule has 2 aromatic rings. The average molecular weight is 342 g/mol. The lowest BCUT2D eigenvalue weighted by Gasteiger charge is -2.15. The maximum atomic E-state index is 13.6. The van der Waals surface area contributed by atoms with Crippen LogP contribution in [0.5, 0.6) is 11.5 Å². The predicted octanol–water partition coefficient (Wildman–Crippen LogP) is 2.27. The number of amides is 2. The second-order valence-corrected chi connectivity index (χ2v) is 5.26. The second kappa shape index (κ2) is 7.14. The van der Waals surface area contributed by atoms with Gasteiger partial charge < -0.3 is 15.2 Å². The fraction of sp³-hybridized carbons (Fsp3) is 0.111. The number of carbonyl (C=O) groups excluding carboxylic acids is 2. The maximum absolute atomic E-state index is 13.6. The van der Waals surface area contributed by atoms with Crippen molar-refractivity contribution in [2.75, 3.05) is 18.5 Å². The Hall–Kier alpha value is -3.19. The van der Waals surface area contributed by atoms with Crippen molar-refractivity contribution in [1.82, 2.24) is 4.90 Å². The highest BCUT2D eigenvalue weighted by molar-refractivity contribution is 6.17. The lowest BCUT2D eigenvalue weighted by atomic mass is 10.2. The molecular formula is C18H15FN2O4. The summed E-state index contributed by atoms with van der Waals surface area (Å²) in [6, 6.07) is 12.7. The summed E-state index contributed by atoms with van der Waals surface area (Å²) in [5.74, 6) is -0.804. The van der Waals surface area contributed by atoms with E-state index in [1.54, 1.807) is 24.3 Å². The number of hydrogen-bond donors (Lipinski definition) is 2. The molecule has 1 aliphatic heterocycles. The standard InChI is InChI=1S/C18H15FN2O4/c19-12-6-7-16(25-13-4-2-1-3-5-13)14(10-12)20-15-11-17(23)21(8-9-22)18(15)24/h1-7,10-11,20,22H,8-9H2. The average Bonchev–Trinajstić information content (AvgIpc) is 2.86. The number of hydrogen-bond acceptors (Lipinski definition) is 5. The molecule has 7 heteroatoms. The zero-order valence-electron chi connectivity index (χ0n) is 13.1. The van der Waals surface area contributed by atoms with Gasteiger partial charge in [-0.1, -0.05) is 18.2 Å². The van der Waals surface area contributed by atoms with Gasteiger partial charge in [0.15, 0.2) is 5.75 Å². The van der Waals surface area contributed by atoms with E-state index in [4.69, 9.17) is 9.84 Å². The number of para-hydroxylation sites is 1. The van der Waals surface area contributed by atoms with E-state index >= 15 is 0 Å². The first-order valence-electron chi connectivity index (χ1n) is 7.56. The molecule has 25 heavy (non-hydrogen) atoms. The molecule has 3 rings (SSSR count). The number of β-amino-alcohol motifs (C(OH)–C–C–N with tert-alkyl or cyclic N) is 1. The van der Waals surface area contributed by atoms with Crippen LogP contribution in [-0.4, -0.2) is 35.0 Å². The van der Waals surface area contributed by atoms with Crippen LogP contribution < -0.4 is 10.1 Å². The number of nitrogens with zero attached hydrogens (tertiary/aromatic N) is 1. The van der Waals surface area contributed by atoms with E-state index < -0.39 is 17.6 Å². The van der Waals surface area contributed by atoms with Gasteiger partial charge >= 0.3 is 0 Å². The minimum atomic E-state index is -0.589. The molecule has 0 saturated carbocycles. The molecule has 2 aromatic carbocycles. The van der Waals surface area contributed by atoms with E-state index in [9.17, 15) is 14.0 Å². The number of benzene rings is 2. The molecule has 1 heterocycles. The summed E-state index contributed by atoms with van der Waals surface area (Å²) in [4.78, 5) is 24.9. The van der Waals surface area contributed by atoms with Gasteiger partial charge in [-0.25, -0.2) is 4.39 Å². The lowest BCUT2D eigenvalue weighted by Crippen LogP contribution is -2.34. The van der Waals surface area contributed by atoms with Crippen molar-refractivity contribution in [2.45, 2.75) is 0 Å². The van der Waals surface area contributed by atoms with Crippen molar-refractivity contribution in [3.05, 3.63) is 66.1 Å². The van der Waals surface area contributed by atoms with Crippen LogP contribution in [0.2, 0.25) is 0 Å². The summed E-state index contributed by atoms with van der Waals surface area (Å²) in [6.07, 6.45) is 1.11. The number of halogens is 1. The van der Waals surface area contributed by atoms with Crippen molar-refractivity contribution < 1.29 is 23.8 Å². The molecule has 0 fully saturated rings. The molecule has 0 radical (unpaired) electrons. The normalized spacial score (nSPS) is 13.8. The number of carbonyl (C=O) groups is 2. The van der Waals surface area contributed by atoms with Crippen molar-refractivity contribution in [2.24, 2.45) is 0 Å². The maximum Gasteiger partial charge on any atom is 0.277 e. The molecule has 0 bridgehead atoms. The first-order valence-corrected chi connectivity index (χ1v) is 7.56. The van der Waals surface area contributed by atoms with Gasteiger partial charge in [0.2, 0.25) is 0 Å². The molecule has 0 saturated heterocycles. The van der Waals surface area contributed by atoms with Gasteiger partial charge in [0.1, 0.15) is 17.3 Å². The zero-order valence-corrected chi connectivity index (χ0v) is 13.1. The molecule has 0 aliphatic carbocycles. The Morgan fingerprint density at radius 3 is 2.60 bits per heavy atom. The molecule has 0 atom stereocenters. The fourth-order valence-electron chi connectivity index (χ4n) is 2.36. The summed E-state index contributed by atoms with van der Waals surface area (Å²) >= 11 is 0. The van der Waals surface area contributed by atoms with Crippen LogP contribution in [0.15, 0.2) is 60.3 Å². The largest absolute Gasteiger partial charge is 0.455 e. The van der Waals surface area contributed by atoms with Crippen molar-refractivity contribution >= 4 is 17.5 Å². The Morgan fingerprint density at radius 1 is 1.12 bits per heavy atom. The number of anilines is 1. The highest BCUT2D eigenvalue weighted by Crippen LogP contribution is 2.32. The molecular weight excluding hydrogens is 327 g/mol. The molecule has 128 valence electrons. The first kappa shape index (κ1) is 16.7. The first-order chi connectivity index (χ1) is 12.1. The summed E-state index contributed by atoms with van der Waals surface area (Å²) in [5, 5.41) is 11.7. The number of aliphatic hydroxyl groups excluding tert-OH is 1. The Labute approximate surface area is 143 Å². The number of ether oxygens (including phenoxy) is 1. The molecule has 2 N–H and O–H groups in total. The number of imide groups is 1. The number of rotatable bonds is 6. The van der Waals surface area contributed by atoms with Crippen LogP contribution in [0.4, 0.5) is 10.1 Å². The van der Waals surface area contributed by atoms with Crippen LogP contribution >= 0.6 is 0 Å². The molecule has 0 unspecified atom stereocenters. The second-order valence-electron chi connectivity index (χ2n) is 5.26. The smallest absolute Gasteiger partial charge is 0.277 e. The predicted molar refractivity (Wildman–Crippen MR) is 88.4 cm³/mol. The van der Waals surface area contributed by atoms with E-state index in [1.807, 2.05) is 6.07 Å². The lowest BCUT2D eigenvalue weighted by molar-refractivity contribution is -0.137. The molecule has 0 spiro atoms. The van der Waals surface area contributed by atoms with Crippen LogP contribution in [0.25, 0.3) is 0 Å². The molecule has 6 nitrogen and oxygen atoms in total. The van der Waals surface area contributed by atoms with E-state index in [0.29, 0.717) is 11.5 Å². The van der Waals surface area contributed by atoms with Gasteiger partial charge in [0.05, 0.1) is 18.8 Å². The van der Waals surface area contributed by atoms with Gasteiger partial charge in [-0.05, 0) is 24.3 Å². The van der Waals surface area contributed by atoms with Crippen LogP contribution in [0.3, 0.4) is 0 Å². The Morgan fingerprint density at radius 2 is 1.88 bits per heavy atom. The Kier molecular flexibility index (Phi) is 4.76. The topological polar surface area (TPSA) is 78.9 Å². The van der Waals surface area contributed by atoms with Crippen LogP contribution in [-0.2, 0) is 9.59 Å². The Bertz CT molecular complexity index is 836. The zero-order chi connectivity index (χ0) is 17.8. The van der Waals surface area contributed by atoms with Crippen molar-refractivity contribution in [3.63, 3.8) is 0 Å². The summed E-state index contributed by atoms with van der Waals surface area (Å²) in [5.41, 5.74) is 0.198. The highest BCUT2D eigenvalue weighted by Gasteiger charge is 2.31. The number of nitrogens with one attached hydrogen (secondary N) is 1. The third-order valence-corrected chi connectivity index (χ3v) is 3.51. The molecule has 2 amide bonds. The third-order valence-electron chi connectivity index (χ3n) is 3.51. The van der Waals surface area contributed by atoms with Gasteiger partial charge in [-0.3, -0.25) is 14.5 Å². The van der Waals surface area contributed by atoms with Crippen LogP contribution in [0.1, 0.15) is 0 Å². The van der Waals surface area contributed by atoms with Crippen molar-refractivity contribution in [1.29, 1.82) is 0 Å².